The molecule has 3 unspecified atom stereocenters. The van der Waals surface area contributed by atoms with Gasteiger partial charge in [0.25, 0.3) is 0 Å². The van der Waals surface area contributed by atoms with E-state index in [4.69, 9.17) is 5.10 Å². The fourth-order valence-corrected chi connectivity index (χ4v) is 6.34. The average Bonchev–Trinajstić information content (AvgIpc) is 3.30. The Morgan fingerprint density at radius 2 is 1.93 bits per heavy atom. The monoisotopic (exact) mass is 390 g/mol. The Hall–Kier alpha value is -1.65. The summed E-state index contributed by atoms with van der Waals surface area (Å²) in [6.45, 7) is 10.3. The Morgan fingerprint density at radius 3 is 2.59 bits per heavy atom. The predicted octanol–water partition coefficient (Wildman–Crippen LogP) is 4.23. The maximum absolute atomic E-state index is 5.37. The molecule has 0 bridgehead atoms. The molecule has 1 aromatic carbocycles. The lowest BCUT2D eigenvalue weighted by molar-refractivity contribution is 0.309. The molecule has 0 saturated heterocycles. The van der Waals surface area contributed by atoms with Gasteiger partial charge in [-0.3, -0.25) is 0 Å². The second kappa shape index (κ2) is 6.18. The number of nitrogens with one attached hydrogen (secondary N) is 2. The van der Waals surface area contributed by atoms with Crippen LogP contribution in [0, 0.1) is 11.3 Å². The molecule has 2 aromatic rings. The zero-order valence-electron chi connectivity index (χ0n) is 18.1. The predicted molar refractivity (Wildman–Crippen MR) is 117 cm³/mol. The summed E-state index contributed by atoms with van der Waals surface area (Å²) < 4.78 is 2.30. The summed E-state index contributed by atoms with van der Waals surface area (Å²) in [6.07, 6.45) is 6.44. The first-order chi connectivity index (χ1) is 14.0. The van der Waals surface area contributed by atoms with E-state index in [9.17, 15) is 0 Å². The average molecular weight is 391 g/mol. The Morgan fingerprint density at radius 1 is 1.14 bits per heavy atom. The number of aromatic nitrogens is 2. The second-order valence-electron chi connectivity index (χ2n) is 11.0. The lowest BCUT2D eigenvalue weighted by Crippen LogP contribution is -2.36. The van der Waals surface area contributed by atoms with E-state index in [2.05, 4.69) is 60.4 Å². The van der Waals surface area contributed by atoms with Crippen molar-refractivity contribution < 1.29 is 0 Å². The minimum Gasteiger partial charge on any atom is -0.314 e. The fraction of sp³-hybridized carbons (Fsp3) is 0.640. The molecule has 1 spiro atoms. The number of hydrogen-bond donors (Lipinski definition) is 2. The third-order valence-electron chi connectivity index (χ3n) is 8.22. The fourth-order valence-electron chi connectivity index (χ4n) is 6.34. The van der Waals surface area contributed by atoms with Gasteiger partial charge in [0.1, 0.15) is 0 Å². The van der Waals surface area contributed by atoms with Crippen LogP contribution in [0.3, 0.4) is 0 Å². The van der Waals surface area contributed by atoms with E-state index in [-0.39, 0.29) is 5.41 Å². The van der Waals surface area contributed by atoms with Gasteiger partial charge >= 0.3 is 0 Å². The third kappa shape index (κ3) is 2.68. The van der Waals surface area contributed by atoms with E-state index in [1.54, 1.807) is 0 Å². The van der Waals surface area contributed by atoms with Gasteiger partial charge < -0.3 is 10.6 Å². The molecule has 0 amide bonds. The van der Waals surface area contributed by atoms with Crippen LogP contribution >= 0.6 is 0 Å². The summed E-state index contributed by atoms with van der Waals surface area (Å²) in [5.41, 5.74) is 7.64. The van der Waals surface area contributed by atoms with E-state index in [0.717, 1.165) is 32.0 Å². The first-order valence-corrected chi connectivity index (χ1v) is 11.6. The van der Waals surface area contributed by atoms with Gasteiger partial charge in [0, 0.05) is 43.1 Å². The topological polar surface area (TPSA) is 41.9 Å². The Kier molecular flexibility index (Phi) is 3.87. The standard InChI is InChI=1S/C25H34N4/c1-24(2,3)21-13-25(21)15-26-14-19-22-20(11-12-27-19)29(28-23(22)25)18-9-7-17(8-10-18)16-5-4-6-16/h7-10,16,19,21,26-27H,4-6,11-15H2,1-3H3. The molecule has 4 heteroatoms. The third-order valence-corrected chi connectivity index (χ3v) is 8.22. The zero-order valence-corrected chi connectivity index (χ0v) is 18.1. The number of nitrogens with zero attached hydrogens (tertiary/aromatic N) is 2. The van der Waals surface area contributed by atoms with Gasteiger partial charge in [-0.05, 0) is 54.2 Å². The van der Waals surface area contributed by atoms with Crippen LogP contribution in [0.2, 0.25) is 0 Å². The minimum absolute atomic E-state index is 0.216. The van der Waals surface area contributed by atoms with Crippen molar-refractivity contribution in [2.75, 3.05) is 19.6 Å². The SMILES string of the molecule is CC(C)(C)C1CC12CNCC1NCCc3c1c2nn3-c1ccc(C2CCC2)cc1. The largest absolute Gasteiger partial charge is 0.314 e. The van der Waals surface area contributed by atoms with Gasteiger partial charge in [0.05, 0.1) is 17.1 Å². The summed E-state index contributed by atoms with van der Waals surface area (Å²) in [6, 6.07) is 9.73. The molecular weight excluding hydrogens is 356 g/mol. The van der Waals surface area contributed by atoms with Crippen molar-refractivity contribution in [1.29, 1.82) is 0 Å². The van der Waals surface area contributed by atoms with Crippen LogP contribution in [-0.4, -0.2) is 29.4 Å². The molecule has 6 rings (SSSR count). The van der Waals surface area contributed by atoms with Crippen LogP contribution in [0.1, 0.15) is 80.9 Å². The highest BCUT2D eigenvalue weighted by Crippen LogP contribution is 2.63. The Labute approximate surface area is 174 Å². The van der Waals surface area contributed by atoms with Crippen molar-refractivity contribution in [3.63, 3.8) is 0 Å². The molecule has 2 saturated carbocycles. The molecule has 3 atom stereocenters. The lowest BCUT2D eigenvalue weighted by atomic mass is 9.80. The molecule has 2 fully saturated rings. The second-order valence-corrected chi connectivity index (χ2v) is 11.0. The molecule has 3 heterocycles. The van der Waals surface area contributed by atoms with E-state index < -0.39 is 0 Å². The number of benzene rings is 1. The summed E-state index contributed by atoms with van der Waals surface area (Å²) in [4.78, 5) is 0. The van der Waals surface area contributed by atoms with Crippen molar-refractivity contribution in [2.24, 2.45) is 11.3 Å². The van der Waals surface area contributed by atoms with Crippen molar-refractivity contribution in [3.8, 4) is 5.69 Å². The van der Waals surface area contributed by atoms with E-state index in [0.29, 0.717) is 17.4 Å². The molecule has 2 N–H and O–H groups in total. The van der Waals surface area contributed by atoms with Crippen molar-refractivity contribution >= 4 is 0 Å². The smallest absolute Gasteiger partial charge is 0.0757 e. The Balaban J connectivity index is 1.45. The first-order valence-electron chi connectivity index (χ1n) is 11.6. The summed E-state index contributed by atoms with van der Waals surface area (Å²) in [7, 11) is 0. The van der Waals surface area contributed by atoms with Crippen LogP contribution in [0.5, 0.6) is 0 Å². The van der Waals surface area contributed by atoms with Gasteiger partial charge in [-0.2, -0.15) is 5.10 Å². The molecule has 2 aliphatic heterocycles. The van der Waals surface area contributed by atoms with Crippen molar-refractivity contribution in [2.45, 2.75) is 70.3 Å². The zero-order chi connectivity index (χ0) is 19.8. The number of hydrogen-bond acceptors (Lipinski definition) is 3. The quantitative estimate of drug-likeness (QED) is 0.806. The summed E-state index contributed by atoms with van der Waals surface area (Å²) >= 11 is 0. The van der Waals surface area contributed by atoms with Crippen molar-refractivity contribution in [1.82, 2.24) is 20.4 Å². The highest BCUT2D eigenvalue weighted by Gasteiger charge is 2.63. The first kappa shape index (κ1) is 18.1. The maximum atomic E-state index is 5.37. The minimum atomic E-state index is 0.216. The van der Waals surface area contributed by atoms with E-state index >= 15 is 0 Å². The van der Waals surface area contributed by atoms with Gasteiger partial charge in [0.15, 0.2) is 0 Å². The van der Waals surface area contributed by atoms with Crippen molar-refractivity contribution in [3.05, 3.63) is 46.8 Å². The normalized spacial score (nSPS) is 31.3. The maximum Gasteiger partial charge on any atom is 0.0757 e. The molecule has 29 heavy (non-hydrogen) atoms. The van der Waals surface area contributed by atoms with Crippen LogP contribution in [0.25, 0.3) is 5.69 Å². The summed E-state index contributed by atoms with van der Waals surface area (Å²) in [5.74, 6) is 1.50. The molecule has 4 aliphatic rings. The highest BCUT2D eigenvalue weighted by atomic mass is 15.3. The van der Waals surface area contributed by atoms with E-state index in [1.165, 1.54) is 53.9 Å². The molecule has 4 nitrogen and oxygen atoms in total. The summed E-state index contributed by atoms with van der Waals surface area (Å²) in [5, 5.41) is 12.9. The van der Waals surface area contributed by atoms with Crippen LogP contribution in [0.4, 0.5) is 0 Å². The highest BCUT2D eigenvalue weighted by molar-refractivity contribution is 5.48. The number of rotatable bonds is 2. The molecular formula is C25H34N4. The molecule has 2 aliphatic carbocycles. The molecule has 1 aromatic heterocycles. The lowest BCUT2D eigenvalue weighted by Gasteiger charge is -2.26. The van der Waals surface area contributed by atoms with Crippen LogP contribution < -0.4 is 10.6 Å². The van der Waals surface area contributed by atoms with E-state index in [1.807, 2.05) is 0 Å². The van der Waals surface area contributed by atoms with Gasteiger partial charge in [-0.15, -0.1) is 0 Å². The van der Waals surface area contributed by atoms with Crippen LogP contribution in [-0.2, 0) is 11.8 Å². The molecule has 0 radical (unpaired) electrons. The Bertz CT molecular complexity index is 931. The van der Waals surface area contributed by atoms with Gasteiger partial charge in [0.2, 0.25) is 0 Å². The molecule has 154 valence electrons. The van der Waals surface area contributed by atoms with Gasteiger partial charge in [-0.25, -0.2) is 4.68 Å². The van der Waals surface area contributed by atoms with Crippen LogP contribution in [0.15, 0.2) is 24.3 Å². The van der Waals surface area contributed by atoms with Gasteiger partial charge in [-0.1, -0.05) is 39.3 Å². The number of fused-ring (bicyclic) bond motifs is 1.